The molecular weight excluding hydrogens is 1620 g/mol. The van der Waals surface area contributed by atoms with Crippen molar-refractivity contribution < 1.29 is 105 Å². The Kier molecular flexibility index (Phi) is 53.7. The number of hydrogen-bond acceptors (Lipinski definition) is 27. The lowest BCUT2D eigenvalue weighted by molar-refractivity contribution is -0.144. The van der Waals surface area contributed by atoms with E-state index in [1.165, 1.54) is 50.3 Å². The molecule has 0 bridgehead atoms. The fourth-order valence-electron chi connectivity index (χ4n) is 14.4. The molecule has 122 heavy (non-hydrogen) atoms. The summed E-state index contributed by atoms with van der Waals surface area (Å²) in [6.07, 6.45) is 16.1. The van der Waals surface area contributed by atoms with E-state index in [1.54, 1.807) is 6.07 Å². The quantitative estimate of drug-likeness (QED) is 0.0274. The van der Waals surface area contributed by atoms with Gasteiger partial charge in [-0.05, 0) is 68.9 Å². The second kappa shape index (κ2) is 64.0. The second-order valence-electron chi connectivity index (χ2n) is 30.5. The van der Waals surface area contributed by atoms with Crippen LogP contribution in [0.2, 0.25) is 5.02 Å². The summed E-state index contributed by atoms with van der Waals surface area (Å²) in [7, 11) is 0. The summed E-state index contributed by atoms with van der Waals surface area (Å²) in [5.74, 6) is -0.104. The Labute approximate surface area is 730 Å². The van der Waals surface area contributed by atoms with Gasteiger partial charge in [0.2, 0.25) is 53.2 Å². The number of nitrogens with two attached hydrogens (primary N) is 1. The molecule has 4 aliphatic heterocycles. The predicted octanol–water partition coefficient (Wildman–Crippen LogP) is 5.42. The minimum absolute atomic E-state index is 0.0135. The van der Waals surface area contributed by atoms with Crippen LogP contribution in [0, 0.1) is 11.8 Å². The smallest absolute Gasteiger partial charge is 0.242 e. The second-order valence-corrected chi connectivity index (χ2v) is 32.3. The molecule has 4 atom stereocenters. The number of aliphatic imine (C=N–C) groups is 1. The number of nitrogens with zero attached hydrogens (tertiary/aromatic N) is 6. The number of thioether (sulfide) groups is 1. The number of amides is 9. The minimum Gasteiger partial charge on any atom is -0.454 e. The monoisotopic (exact) mass is 1760 g/mol. The highest BCUT2D eigenvalue weighted by molar-refractivity contribution is 8.00. The number of carbonyl (C=O) groups is 9. The van der Waals surface area contributed by atoms with Gasteiger partial charge in [-0.25, -0.2) is 4.99 Å². The molecule has 4 unspecified atom stereocenters. The van der Waals surface area contributed by atoms with Crippen LogP contribution in [0.5, 0.6) is 11.5 Å². The van der Waals surface area contributed by atoms with Gasteiger partial charge in [0.15, 0.2) is 5.75 Å². The van der Waals surface area contributed by atoms with Gasteiger partial charge in [-0.2, -0.15) is 0 Å². The number of likely N-dealkylation sites (tertiary alicyclic amines) is 1. The molecule has 2 aromatic carbocycles. The number of rotatable bonds is 69. The first-order valence-electron chi connectivity index (χ1n) is 44.4. The first kappa shape index (κ1) is 102. The number of amidine groups is 1. The van der Waals surface area contributed by atoms with Crippen LogP contribution in [0.3, 0.4) is 0 Å². The summed E-state index contributed by atoms with van der Waals surface area (Å²) >= 11 is 7.78. The van der Waals surface area contributed by atoms with E-state index in [-0.39, 0.29) is 118 Å². The van der Waals surface area contributed by atoms with Gasteiger partial charge in [-0.15, -0.1) is 11.8 Å². The zero-order valence-electron chi connectivity index (χ0n) is 72.1. The first-order chi connectivity index (χ1) is 59.7. The van der Waals surface area contributed by atoms with E-state index in [0.717, 1.165) is 67.2 Å². The molecule has 1 saturated carbocycles. The third-order valence-electron chi connectivity index (χ3n) is 21.2. The predicted molar refractivity (Wildman–Crippen MR) is 461 cm³/mol. The van der Waals surface area contributed by atoms with Crippen LogP contribution in [-0.4, -0.2) is 351 Å². The zero-order valence-corrected chi connectivity index (χ0v) is 73.7. The van der Waals surface area contributed by atoms with E-state index in [2.05, 4.69) is 48.2 Å². The van der Waals surface area contributed by atoms with Crippen LogP contribution in [0.15, 0.2) is 47.5 Å². The fourth-order valence-corrected chi connectivity index (χ4v) is 15.6. The van der Waals surface area contributed by atoms with Crippen molar-refractivity contribution in [2.24, 2.45) is 22.6 Å². The molecule has 34 nitrogen and oxygen atoms in total. The molecule has 3 saturated heterocycles. The third kappa shape index (κ3) is 42.9. The van der Waals surface area contributed by atoms with E-state index < -0.39 is 17.2 Å². The summed E-state index contributed by atoms with van der Waals surface area (Å²) in [5, 5.41) is 14.5. The summed E-state index contributed by atoms with van der Waals surface area (Å²) in [6, 6.07) is 12.5. The van der Waals surface area contributed by atoms with Crippen molar-refractivity contribution in [3.05, 3.63) is 53.1 Å². The van der Waals surface area contributed by atoms with E-state index in [1.807, 2.05) is 41.3 Å². The largest absolute Gasteiger partial charge is 0.454 e. The average Bonchev–Trinajstić information content (AvgIpc) is 1.56. The number of carbonyl (C=O) groups excluding carboxylic acids is 9. The standard InChI is InChI=1S/C86H139ClN12O22S/c1-2-3-4-5-6-7-8-9-10-22-79(102)93-73(82(88)105)20-15-16-27-89-78(101)26-41-109-43-45-111-55-57-117-59-61-119-67-120-62-60-118-58-56-116-54-53-115-52-51-114-50-49-113-48-47-112-46-44-110-42-29-90-77(100)25-31-99-81(104)65-76(86(99)108)122-63-30-91-80(103)66-96-35-33-95(34-36-96)32-28-92-84(106)69-17-11-12-18-70(69)85(107)98-39-37-97(38-40-98)83-71-64-68(87)23-24-74(71)121-75-21-14-13-19-72(75)94-83/h13-14,19,21,23-24,64,69-70,73,76H,2-12,15-18,20,22,25-63,65-67H2,1H3,(H2,88,105)(H,89,101)(H,90,100)(H,91,103)(H,92,106)(H,93,102). The zero-order chi connectivity index (χ0) is 86.7. The normalized spacial score (nSPS) is 17.1. The van der Waals surface area contributed by atoms with E-state index in [0.29, 0.717) is 258 Å². The number of piperazine rings is 2. The molecule has 5 aliphatic rings. The maximum Gasteiger partial charge on any atom is 0.242 e. The van der Waals surface area contributed by atoms with Crippen molar-refractivity contribution in [2.75, 3.05) is 256 Å². The molecule has 7 N–H and O–H groups in total. The molecule has 4 heterocycles. The maximum absolute atomic E-state index is 14.2. The number of benzene rings is 2. The van der Waals surface area contributed by atoms with Gasteiger partial charge in [0.1, 0.15) is 30.1 Å². The molecule has 9 amide bonds. The van der Waals surface area contributed by atoms with Crippen LogP contribution in [-0.2, 0) is 100.0 Å². The average molecular weight is 1760 g/mol. The number of primary amides is 1. The van der Waals surface area contributed by atoms with Gasteiger partial charge in [0, 0.05) is 140 Å². The van der Waals surface area contributed by atoms with Crippen molar-refractivity contribution in [1.29, 1.82) is 0 Å². The molecule has 0 radical (unpaired) electrons. The van der Waals surface area contributed by atoms with Crippen LogP contribution in [0.4, 0.5) is 5.69 Å². The van der Waals surface area contributed by atoms with Crippen LogP contribution in [0.25, 0.3) is 0 Å². The Morgan fingerprint density at radius 1 is 0.516 bits per heavy atom. The fraction of sp³-hybridized carbons (Fsp3) is 0.744. The van der Waals surface area contributed by atoms with Gasteiger partial charge >= 0.3 is 0 Å². The van der Waals surface area contributed by atoms with Crippen LogP contribution < -0.4 is 37.1 Å². The Morgan fingerprint density at radius 3 is 1.66 bits per heavy atom. The van der Waals surface area contributed by atoms with Gasteiger partial charge in [-0.3, -0.25) is 57.9 Å². The number of halogens is 1. The Hall–Kier alpha value is -6.78. The van der Waals surface area contributed by atoms with E-state index >= 15 is 0 Å². The molecule has 2 aromatic rings. The van der Waals surface area contributed by atoms with Crippen LogP contribution in [0.1, 0.15) is 141 Å². The third-order valence-corrected chi connectivity index (χ3v) is 22.7. The highest BCUT2D eigenvalue weighted by Crippen LogP contribution is 2.40. The lowest BCUT2D eigenvalue weighted by Crippen LogP contribution is -2.54. The van der Waals surface area contributed by atoms with Crippen molar-refractivity contribution in [2.45, 2.75) is 147 Å². The number of fused-ring (bicyclic) bond motifs is 2. The highest BCUT2D eigenvalue weighted by atomic mass is 35.5. The lowest BCUT2D eigenvalue weighted by Gasteiger charge is -2.40. The van der Waals surface area contributed by atoms with Crippen molar-refractivity contribution in [3.8, 4) is 11.5 Å². The van der Waals surface area contributed by atoms with E-state index in [9.17, 15) is 43.2 Å². The SMILES string of the molecule is CCCCCCCCCCCC(=O)NC(CCCCNC(=O)CCOCCOCCOCCOCOCCOCCOCCOCCOCCOCCOCCOCCNC(=O)CCN1C(=O)CC(SCCNC(=O)CN2CCN(CCNC(=O)C3CCCCC3C(=O)N3CCN(C4=Nc5ccccc5Oc5ccc(Cl)cc54)CC3)CC2)C1=O)C(N)=O. The summed E-state index contributed by atoms with van der Waals surface area (Å²) in [4.78, 5) is 130. The number of para-hydroxylation sites is 2. The van der Waals surface area contributed by atoms with Gasteiger partial charge in [0.05, 0.1) is 163 Å². The number of ether oxygens (including phenoxy) is 13. The molecule has 0 spiro atoms. The number of nitrogens with one attached hydrogen (secondary N) is 5. The van der Waals surface area contributed by atoms with Gasteiger partial charge < -0.3 is 104 Å². The molecule has 1 aliphatic carbocycles. The Bertz CT molecular complexity index is 3360. The topological polar surface area (TPSA) is 388 Å². The molecule has 688 valence electrons. The number of imide groups is 1. The summed E-state index contributed by atoms with van der Waals surface area (Å²) in [6.45, 7) is 18.3. The minimum atomic E-state index is -0.702. The number of hydrogen-bond donors (Lipinski definition) is 6. The summed E-state index contributed by atoms with van der Waals surface area (Å²) < 4.78 is 72.4. The Morgan fingerprint density at radius 2 is 1.05 bits per heavy atom. The highest BCUT2D eigenvalue weighted by Gasteiger charge is 2.41. The lowest BCUT2D eigenvalue weighted by atomic mass is 9.77. The van der Waals surface area contributed by atoms with Crippen molar-refractivity contribution in [1.82, 2.24) is 51.1 Å². The first-order valence-corrected chi connectivity index (χ1v) is 45.8. The molecule has 0 aromatic heterocycles. The summed E-state index contributed by atoms with van der Waals surface area (Å²) in [5.41, 5.74) is 7.05. The molecule has 4 fully saturated rings. The maximum atomic E-state index is 14.2. The molecule has 36 heteroatoms. The number of unbranched alkanes of at least 4 members (excludes halogenated alkanes) is 9. The van der Waals surface area contributed by atoms with Gasteiger partial charge in [0.25, 0.3) is 0 Å². The van der Waals surface area contributed by atoms with Crippen LogP contribution >= 0.6 is 23.4 Å². The van der Waals surface area contributed by atoms with E-state index in [4.69, 9.17) is 83.9 Å². The van der Waals surface area contributed by atoms with Crippen molar-refractivity contribution >= 4 is 88.1 Å². The molecular formula is C86H139ClN12O22S. The Balaban J connectivity index is 0.545. The van der Waals surface area contributed by atoms with Gasteiger partial charge in [-0.1, -0.05) is 94.9 Å². The molecule has 7 rings (SSSR count). The van der Waals surface area contributed by atoms with Crippen molar-refractivity contribution in [3.63, 3.8) is 0 Å².